The van der Waals surface area contributed by atoms with E-state index in [2.05, 4.69) is 29.0 Å². The first kappa shape index (κ1) is 18.8. The molecule has 0 saturated carbocycles. The molecule has 0 atom stereocenters. The second-order valence-corrected chi connectivity index (χ2v) is 9.02. The maximum atomic E-state index is 12.6. The topological polar surface area (TPSA) is 88.3 Å². The van der Waals surface area contributed by atoms with Crippen LogP contribution in [0.4, 0.5) is 10.1 Å². The average molecular weight is 409 g/mol. The van der Waals surface area contributed by atoms with Gasteiger partial charge in [0.1, 0.15) is 9.83 Å². The van der Waals surface area contributed by atoms with Crippen LogP contribution in [0, 0.1) is 13.8 Å². The third kappa shape index (κ3) is 3.34. The number of aromatic nitrogens is 1. The first-order valence-corrected chi connectivity index (χ1v) is 10.7. The van der Waals surface area contributed by atoms with Crippen molar-refractivity contribution >= 4 is 65.5 Å². The van der Waals surface area contributed by atoms with Gasteiger partial charge in [-0.15, -0.1) is 22.7 Å². The Morgan fingerprint density at radius 1 is 1.19 bits per heavy atom. The molecule has 0 bridgehead atoms. The molecule has 0 aliphatic carbocycles. The fourth-order valence-corrected chi connectivity index (χ4v) is 5.94. The summed E-state index contributed by atoms with van der Waals surface area (Å²) < 4.78 is 0.996. The molecule has 3 N–H and O–H groups in total. The molecule has 2 amide bonds. The van der Waals surface area contributed by atoms with Gasteiger partial charge >= 0.3 is 0 Å². The average Bonchev–Trinajstić information content (AvgIpc) is 3.21. The Labute approximate surface area is 163 Å². The molecule has 3 rings (SSSR count). The van der Waals surface area contributed by atoms with Crippen molar-refractivity contribution in [1.82, 2.24) is 4.98 Å². The van der Waals surface area contributed by atoms with Crippen LogP contribution in [0.2, 0.25) is 0 Å². The van der Waals surface area contributed by atoms with Crippen molar-refractivity contribution in [3.05, 3.63) is 26.9 Å². The highest BCUT2D eigenvalue weighted by atomic mass is 32.1. The highest BCUT2D eigenvalue weighted by Gasteiger charge is 2.21. The Hall–Kier alpha value is -1.97. The predicted octanol–water partition coefficient (Wildman–Crippen LogP) is 4.23. The lowest BCUT2D eigenvalue weighted by molar-refractivity contribution is 0.100. The van der Waals surface area contributed by atoms with Crippen LogP contribution in [0.1, 0.15) is 44.3 Å². The number of rotatable bonds is 6. The molecular formula is C17H20N4O2S3. The molecule has 0 aliphatic heterocycles. The Kier molecular flexibility index (Phi) is 5.31. The number of carbonyl (C=O) groups excluding carboxylic acids is 2. The van der Waals surface area contributed by atoms with Crippen LogP contribution in [0.3, 0.4) is 0 Å². The van der Waals surface area contributed by atoms with Gasteiger partial charge in [0.05, 0.1) is 15.1 Å². The third-order valence-corrected chi connectivity index (χ3v) is 7.54. The minimum atomic E-state index is -0.528. The van der Waals surface area contributed by atoms with Crippen molar-refractivity contribution in [2.75, 3.05) is 23.3 Å². The van der Waals surface area contributed by atoms with E-state index in [1.807, 2.05) is 19.9 Å². The number of nitrogens with two attached hydrogens (primary N) is 1. The number of hydrogen-bond acceptors (Lipinski definition) is 7. The van der Waals surface area contributed by atoms with Gasteiger partial charge in [0.2, 0.25) is 0 Å². The number of fused-ring (bicyclic) bond motifs is 1. The number of aryl methyl sites for hydroxylation is 1. The van der Waals surface area contributed by atoms with Crippen molar-refractivity contribution in [3.8, 4) is 0 Å². The van der Waals surface area contributed by atoms with Crippen LogP contribution in [-0.4, -0.2) is 29.9 Å². The monoisotopic (exact) mass is 408 g/mol. The molecule has 26 heavy (non-hydrogen) atoms. The van der Waals surface area contributed by atoms with Gasteiger partial charge in [0.25, 0.3) is 11.8 Å². The summed E-state index contributed by atoms with van der Waals surface area (Å²) in [5.41, 5.74) is 6.67. The zero-order chi connectivity index (χ0) is 19.0. The highest BCUT2D eigenvalue weighted by molar-refractivity contribution is 7.29. The fourth-order valence-electron chi connectivity index (χ4n) is 2.64. The minimum Gasteiger partial charge on any atom is -0.365 e. The van der Waals surface area contributed by atoms with E-state index < -0.39 is 5.91 Å². The molecule has 0 aromatic carbocycles. The molecule has 3 aromatic rings. The summed E-state index contributed by atoms with van der Waals surface area (Å²) in [7, 11) is 0. The van der Waals surface area contributed by atoms with Gasteiger partial charge in [-0.3, -0.25) is 9.59 Å². The second-order valence-electron chi connectivity index (χ2n) is 5.75. The lowest BCUT2D eigenvalue weighted by Crippen LogP contribution is -2.21. The highest BCUT2D eigenvalue weighted by Crippen LogP contribution is 2.36. The molecule has 138 valence electrons. The zero-order valence-corrected chi connectivity index (χ0v) is 17.5. The Morgan fingerprint density at radius 2 is 1.88 bits per heavy atom. The number of amides is 2. The zero-order valence-electron chi connectivity index (χ0n) is 15.0. The van der Waals surface area contributed by atoms with E-state index in [1.54, 1.807) is 11.3 Å². The van der Waals surface area contributed by atoms with Crippen molar-refractivity contribution in [2.45, 2.75) is 27.7 Å². The van der Waals surface area contributed by atoms with Crippen molar-refractivity contribution in [1.29, 1.82) is 0 Å². The third-order valence-electron chi connectivity index (χ3n) is 4.19. The molecule has 0 radical (unpaired) electrons. The molecular weight excluding hydrogens is 388 g/mol. The molecule has 6 nitrogen and oxygen atoms in total. The molecule has 0 spiro atoms. The van der Waals surface area contributed by atoms with E-state index in [9.17, 15) is 9.59 Å². The number of anilines is 2. The van der Waals surface area contributed by atoms with Gasteiger partial charge in [-0.25, -0.2) is 4.98 Å². The smallest absolute Gasteiger partial charge is 0.266 e. The number of thiophene rings is 2. The Bertz CT molecular complexity index is 950. The lowest BCUT2D eigenvalue weighted by atomic mass is 10.1. The quantitative estimate of drug-likeness (QED) is 0.639. The molecule has 0 saturated heterocycles. The predicted molar refractivity (Wildman–Crippen MR) is 111 cm³/mol. The van der Waals surface area contributed by atoms with E-state index in [1.165, 1.54) is 22.7 Å². The Morgan fingerprint density at radius 3 is 2.46 bits per heavy atom. The number of hydrogen-bond donors (Lipinski definition) is 2. The summed E-state index contributed by atoms with van der Waals surface area (Å²) in [6.07, 6.45) is 0. The van der Waals surface area contributed by atoms with Gasteiger partial charge in [-0.05, 0) is 39.3 Å². The number of thiazole rings is 1. The first-order chi connectivity index (χ1) is 12.3. The number of nitrogens with zero attached hydrogens (tertiary/aromatic N) is 2. The number of primary amides is 1. The van der Waals surface area contributed by atoms with Crippen LogP contribution in [0.5, 0.6) is 0 Å². The van der Waals surface area contributed by atoms with Crippen molar-refractivity contribution in [2.24, 2.45) is 5.73 Å². The summed E-state index contributed by atoms with van der Waals surface area (Å²) >= 11 is 4.31. The second kappa shape index (κ2) is 7.34. The van der Waals surface area contributed by atoms with Crippen LogP contribution in [-0.2, 0) is 0 Å². The molecule has 9 heteroatoms. The molecule has 0 aliphatic rings. The van der Waals surface area contributed by atoms with Crippen molar-refractivity contribution < 1.29 is 9.59 Å². The number of nitrogens with one attached hydrogen (secondary N) is 1. The standard InChI is InChI=1S/C17H20N4O2S3/c1-5-21(6-2)17-20-15-11(26-17)7-10(25-15)14(23)19-16-12(13(18)22)8(3)9(4)24-16/h7H,5-6H2,1-4H3,(H2,18,22)(H,19,23). The van der Waals surface area contributed by atoms with E-state index in [4.69, 9.17) is 5.73 Å². The molecule has 3 aromatic heterocycles. The van der Waals surface area contributed by atoms with Crippen LogP contribution in [0.25, 0.3) is 9.53 Å². The van der Waals surface area contributed by atoms with Crippen LogP contribution < -0.4 is 16.0 Å². The van der Waals surface area contributed by atoms with Crippen LogP contribution >= 0.6 is 34.0 Å². The van der Waals surface area contributed by atoms with E-state index in [0.717, 1.165) is 38.2 Å². The molecule has 3 heterocycles. The van der Waals surface area contributed by atoms with Crippen molar-refractivity contribution in [3.63, 3.8) is 0 Å². The maximum Gasteiger partial charge on any atom is 0.266 e. The van der Waals surface area contributed by atoms with Gasteiger partial charge in [-0.1, -0.05) is 11.3 Å². The van der Waals surface area contributed by atoms with Gasteiger partial charge in [-0.2, -0.15) is 0 Å². The van der Waals surface area contributed by atoms with E-state index >= 15 is 0 Å². The maximum absolute atomic E-state index is 12.6. The van der Waals surface area contributed by atoms with Crippen LogP contribution in [0.15, 0.2) is 6.07 Å². The summed E-state index contributed by atoms with van der Waals surface area (Å²) in [6.45, 7) is 9.73. The van der Waals surface area contributed by atoms with Gasteiger partial charge in [0, 0.05) is 18.0 Å². The summed E-state index contributed by atoms with van der Waals surface area (Å²) in [6, 6.07) is 1.86. The normalized spacial score (nSPS) is 11.1. The van der Waals surface area contributed by atoms with E-state index in [0.29, 0.717) is 15.4 Å². The first-order valence-electron chi connectivity index (χ1n) is 8.22. The molecule has 0 unspecified atom stereocenters. The largest absolute Gasteiger partial charge is 0.365 e. The summed E-state index contributed by atoms with van der Waals surface area (Å²) in [5.74, 6) is -0.770. The van der Waals surface area contributed by atoms with E-state index in [-0.39, 0.29) is 5.91 Å². The summed E-state index contributed by atoms with van der Waals surface area (Å²) in [5, 5.41) is 4.32. The summed E-state index contributed by atoms with van der Waals surface area (Å²) in [4.78, 5) is 33.6. The molecule has 0 fully saturated rings. The number of carbonyl (C=O) groups is 2. The lowest BCUT2D eigenvalue weighted by Gasteiger charge is -2.16. The SMILES string of the molecule is CCN(CC)c1nc2sc(C(=O)Nc3sc(C)c(C)c3C(N)=O)cc2s1. The van der Waals surface area contributed by atoms with Gasteiger partial charge < -0.3 is 16.0 Å². The Balaban J connectivity index is 1.86. The van der Waals surface area contributed by atoms with Gasteiger partial charge in [0.15, 0.2) is 5.13 Å². The fraction of sp³-hybridized carbons (Fsp3) is 0.353. The minimum absolute atomic E-state index is 0.242.